The van der Waals surface area contributed by atoms with E-state index in [4.69, 9.17) is 5.26 Å². The van der Waals surface area contributed by atoms with Crippen LogP contribution in [0.5, 0.6) is 0 Å². The highest BCUT2D eigenvalue weighted by Crippen LogP contribution is 2.35. The number of benzene rings is 1. The molecule has 2 heteroatoms. The van der Waals surface area contributed by atoms with E-state index < -0.39 is 0 Å². The molecule has 96 valence electrons. The molecule has 1 aromatic rings. The molecular weight excluding hydrogens is 220 g/mol. The van der Waals surface area contributed by atoms with Gasteiger partial charge in [0.25, 0.3) is 0 Å². The zero-order valence-corrected chi connectivity index (χ0v) is 11.8. The number of aryl methyl sites for hydroxylation is 2. The molecule has 0 amide bonds. The van der Waals surface area contributed by atoms with Gasteiger partial charge in [-0.2, -0.15) is 5.26 Å². The van der Waals surface area contributed by atoms with E-state index in [1.807, 2.05) is 0 Å². The zero-order chi connectivity index (χ0) is 13.3. The summed E-state index contributed by atoms with van der Waals surface area (Å²) in [5.41, 5.74) is 4.04. The minimum absolute atomic E-state index is 0.0698. The average Bonchev–Trinajstić information content (AvgIpc) is 2.31. The lowest BCUT2D eigenvalue weighted by atomic mass is 9.83. The Hall–Kier alpha value is -1.49. The Kier molecular flexibility index (Phi) is 3.34. The molecule has 0 spiro atoms. The topological polar surface area (TPSA) is 27.0 Å². The molecular formula is C16H22N2. The number of nitrogens with zero attached hydrogens (tertiary/aromatic N) is 2. The molecule has 0 N–H and O–H groups in total. The third kappa shape index (κ3) is 2.36. The molecule has 0 bridgehead atoms. The van der Waals surface area contributed by atoms with Gasteiger partial charge < -0.3 is 4.90 Å². The summed E-state index contributed by atoms with van der Waals surface area (Å²) < 4.78 is 0. The van der Waals surface area contributed by atoms with Crippen molar-refractivity contribution in [2.75, 3.05) is 11.4 Å². The van der Waals surface area contributed by atoms with Gasteiger partial charge in [-0.1, -0.05) is 6.07 Å². The average molecular weight is 242 g/mol. The van der Waals surface area contributed by atoms with Crippen LogP contribution in [0.15, 0.2) is 18.2 Å². The van der Waals surface area contributed by atoms with Gasteiger partial charge in [0.1, 0.15) is 0 Å². The van der Waals surface area contributed by atoms with E-state index >= 15 is 0 Å². The normalized spacial score (nSPS) is 22.6. The second-order valence-electron chi connectivity index (χ2n) is 6.05. The van der Waals surface area contributed by atoms with Gasteiger partial charge in [-0.3, -0.25) is 0 Å². The van der Waals surface area contributed by atoms with E-state index in [-0.39, 0.29) is 11.5 Å². The van der Waals surface area contributed by atoms with Crippen molar-refractivity contribution in [3.8, 4) is 6.07 Å². The molecule has 0 aromatic heterocycles. The predicted octanol–water partition coefficient (Wildman–Crippen LogP) is 3.82. The number of hydrogen-bond acceptors (Lipinski definition) is 2. The Balaban J connectivity index is 2.28. The molecule has 0 radical (unpaired) electrons. The third-order valence-electron chi connectivity index (χ3n) is 4.16. The largest absolute Gasteiger partial charge is 0.366 e. The van der Waals surface area contributed by atoms with Gasteiger partial charge in [0.05, 0.1) is 12.0 Å². The highest BCUT2D eigenvalue weighted by molar-refractivity contribution is 5.53. The number of anilines is 1. The maximum Gasteiger partial charge on any atom is 0.0657 e. The molecule has 0 saturated carbocycles. The van der Waals surface area contributed by atoms with Crippen LogP contribution in [0.25, 0.3) is 0 Å². The highest BCUT2D eigenvalue weighted by Gasteiger charge is 2.34. The van der Waals surface area contributed by atoms with Gasteiger partial charge in [0.15, 0.2) is 0 Å². The van der Waals surface area contributed by atoms with Crippen molar-refractivity contribution in [2.45, 2.75) is 46.1 Å². The van der Waals surface area contributed by atoms with Crippen LogP contribution in [-0.2, 0) is 0 Å². The molecule has 1 atom stereocenters. The van der Waals surface area contributed by atoms with Crippen LogP contribution < -0.4 is 4.90 Å². The van der Waals surface area contributed by atoms with Crippen LogP contribution >= 0.6 is 0 Å². The van der Waals surface area contributed by atoms with Crippen LogP contribution in [0, 0.1) is 31.1 Å². The summed E-state index contributed by atoms with van der Waals surface area (Å²) in [4.78, 5) is 2.45. The first-order chi connectivity index (χ1) is 8.44. The lowest BCUT2D eigenvalue weighted by molar-refractivity contribution is 0.315. The second kappa shape index (κ2) is 4.65. The molecule has 1 saturated heterocycles. The number of rotatable bonds is 1. The van der Waals surface area contributed by atoms with Crippen molar-refractivity contribution < 1.29 is 0 Å². The molecule has 1 fully saturated rings. The number of piperidine rings is 1. The van der Waals surface area contributed by atoms with E-state index in [1.54, 1.807) is 0 Å². The summed E-state index contributed by atoms with van der Waals surface area (Å²) >= 11 is 0. The van der Waals surface area contributed by atoms with Crippen molar-refractivity contribution in [3.05, 3.63) is 29.3 Å². The summed E-state index contributed by atoms with van der Waals surface area (Å²) in [5.74, 6) is 0.211. The fourth-order valence-corrected chi connectivity index (χ4v) is 2.89. The van der Waals surface area contributed by atoms with Crippen molar-refractivity contribution in [1.82, 2.24) is 0 Å². The highest BCUT2D eigenvalue weighted by atomic mass is 15.2. The van der Waals surface area contributed by atoms with E-state index in [0.717, 1.165) is 19.4 Å². The monoisotopic (exact) mass is 242 g/mol. The van der Waals surface area contributed by atoms with Crippen molar-refractivity contribution in [1.29, 1.82) is 5.26 Å². The molecule has 18 heavy (non-hydrogen) atoms. The van der Waals surface area contributed by atoms with Gasteiger partial charge in [-0.15, -0.1) is 0 Å². The molecule has 1 aliphatic rings. The van der Waals surface area contributed by atoms with Gasteiger partial charge in [0, 0.05) is 17.8 Å². The fourth-order valence-electron chi connectivity index (χ4n) is 2.89. The zero-order valence-electron chi connectivity index (χ0n) is 11.8. The van der Waals surface area contributed by atoms with E-state index in [9.17, 15) is 0 Å². The van der Waals surface area contributed by atoms with E-state index in [2.05, 4.69) is 56.9 Å². The molecule has 1 unspecified atom stereocenters. The SMILES string of the molecule is Cc1ccc(N2CCC(C#N)CC2(C)C)cc1C. The Morgan fingerprint density at radius 3 is 2.56 bits per heavy atom. The Morgan fingerprint density at radius 1 is 1.28 bits per heavy atom. The minimum atomic E-state index is 0.0698. The standard InChI is InChI=1S/C16H22N2/c1-12-5-6-15(9-13(12)2)18-8-7-14(11-17)10-16(18,3)4/h5-6,9,14H,7-8,10H2,1-4H3. The van der Waals surface area contributed by atoms with Crippen LogP contribution in [0.2, 0.25) is 0 Å². The molecule has 1 aromatic carbocycles. The number of hydrogen-bond donors (Lipinski definition) is 0. The Morgan fingerprint density at radius 2 is 2.00 bits per heavy atom. The van der Waals surface area contributed by atoms with Gasteiger partial charge in [-0.05, 0) is 63.8 Å². The molecule has 2 rings (SSSR count). The maximum atomic E-state index is 9.09. The minimum Gasteiger partial charge on any atom is -0.366 e. The first kappa shape index (κ1) is 13.0. The van der Waals surface area contributed by atoms with Gasteiger partial charge in [-0.25, -0.2) is 0 Å². The van der Waals surface area contributed by atoms with Gasteiger partial charge in [0.2, 0.25) is 0 Å². The first-order valence-corrected chi connectivity index (χ1v) is 6.68. The van der Waals surface area contributed by atoms with Crippen LogP contribution in [0.1, 0.15) is 37.8 Å². The first-order valence-electron chi connectivity index (χ1n) is 6.68. The third-order valence-corrected chi connectivity index (χ3v) is 4.16. The van der Waals surface area contributed by atoms with Crippen molar-refractivity contribution in [3.63, 3.8) is 0 Å². The van der Waals surface area contributed by atoms with Crippen molar-refractivity contribution in [2.24, 2.45) is 5.92 Å². The summed E-state index contributed by atoms with van der Waals surface area (Å²) in [7, 11) is 0. The van der Waals surface area contributed by atoms with Crippen LogP contribution in [-0.4, -0.2) is 12.1 Å². The summed E-state index contributed by atoms with van der Waals surface area (Å²) in [5, 5.41) is 9.09. The molecule has 2 nitrogen and oxygen atoms in total. The number of nitriles is 1. The Bertz CT molecular complexity index is 482. The fraction of sp³-hybridized carbons (Fsp3) is 0.562. The summed E-state index contributed by atoms with van der Waals surface area (Å²) in [6.07, 6.45) is 1.93. The second-order valence-corrected chi connectivity index (χ2v) is 6.05. The van der Waals surface area contributed by atoms with E-state index in [0.29, 0.717) is 0 Å². The summed E-state index contributed by atoms with van der Waals surface area (Å²) in [6, 6.07) is 9.09. The Labute approximate surface area is 110 Å². The lowest BCUT2D eigenvalue weighted by Gasteiger charge is -2.46. The maximum absolute atomic E-state index is 9.09. The summed E-state index contributed by atoms with van der Waals surface area (Å²) in [6.45, 7) is 9.77. The van der Waals surface area contributed by atoms with Crippen LogP contribution in [0.3, 0.4) is 0 Å². The van der Waals surface area contributed by atoms with Gasteiger partial charge >= 0.3 is 0 Å². The molecule has 0 aliphatic carbocycles. The smallest absolute Gasteiger partial charge is 0.0657 e. The molecule has 1 heterocycles. The van der Waals surface area contributed by atoms with Crippen molar-refractivity contribution >= 4 is 5.69 Å². The predicted molar refractivity (Wildman–Crippen MR) is 75.7 cm³/mol. The van der Waals surface area contributed by atoms with Crippen LogP contribution in [0.4, 0.5) is 5.69 Å². The molecule has 1 aliphatic heterocycles. The van der Waals surface area contributed by atoms with E-state index in [1.165, 1.54) is 16.8 Å². The lowest BCUT2D eigenvalue weighted by Crippen LogP contribution is -2.50. The quantitative estimate of drug-likeness (QED) is 0.748.